The molecule has 2 fully saturated rings. The number of halogens is 3. The molecule has 0 bridgehead atoms. The number of hydrogen-bond acceptors (Lipinski definition) is 3. The van der Waals surface area contributed by atoms with Crippen LogP contribution in [0.5, 0.6) is 0 Å². The molecule has 0 radical (unpaired) electrons. The molecule has 1 aliphatic carbocycles. The highest BCUT2D eigenvalue weighted by molar-refractivity contribution is 8.04. The highest BCUT2D eigenvalue weighted by atomic mass is 32.2. The maximum atomic E-state index is 12.9. The van der Waals surface area contributed by atoms with E-state index in [4.69, 9.17) is 0 Å². The van der Waals surface area contributed by atoms with Crippen LogP contribution < -0.4 is 5.32 Å². The molecule has 1 saturated carbocycles. The van der Waals surface area contributed by atoms with Gasteiger partial charge in [0.05, 0.1) is 16.2 Å². The molecule has 4 rings (SSSR count). The summed E-state index contributed by atoms with van der Waals surface area (Å²) >= 11 is 1.04. The Bertz CT molecular complexity index is 835. The Hall–Kier alpha value is -1.96. The molecule has 8 heteroatoms. The summed E-state index contributed by atoms with van der Waals surface area (Å²) in [5.74, 6) is -0.175. The van der Waals surface area contributed by atoms with Crippen LogP contribution in [-0.2, 0) is 15.8 Å². The van der Waals surface area contributed by atoms with Crippen molar-refractivity contribution in [1.29, 1.82) is 0 Å². The van der Waals surface area contributed by atoms with Gasteiger partial charge >= 0.3 is 6.18 Å². The van der Waals surface area contributed by atoms with Crippen molar-refractivity contribution >= 4 is 29.3 Å². The van der Waals surface area contributed by atoms with Crippen molar-refractivity contribution in [3.8, 4) is 0 Å². The van der Waals surface area contributed by atoms with E-state index in [-0.39, 0.29) is 22.5 Å². The van der Waals surface area contributed by atoms with Crippen LogP contribution in [0, 0.1) is 5.92 Å². The minimum absolute atomic E-state index is 0.125. The highest BCUT2D eigenvalue weighted by Crippen LogP contribution is 2.42. The predicted molar refractivity (Wildman–Crippen MR) is 101 cm³/mol. The molecule has 28 heavy (non-hydrogen) atoms. The Morgan fingerprint density at radius 1 is 1.18 bits per heavy atom. The maximum Gasteiger partial charge on any atom is 0.416 e. The topological polar surface area (TPSA) is 49.4 Å². The summed E-state index contributed by atoms with van der Waals surface area (Å²) in [5.41, 5.74) is -0.688. The number of likely N-dealkylation sites (tertiary alicyclic amines) is 1. The number of nitrogens with one attached hydrogen (secondary N) is 1. The van der Waals surface area contributed by atoms with Crippen molar-refractivity contribution in [1.82, 2.24) is 4.90 Å². The molecule has 0 spiro atoms. The number of nitrogens with zero attached hydrogens (tertiary/aromatic N) is 1. The summed E-state index contributed by atoms with van der Waals surface area (Å²) < 4.78 is 38.6. The lowest BCUT2D eigenvalue weighted by atomic mass is 9.78. The van der Waals surface area contributed by atoms with Crippen molar-refractivity contribution < 1.29 is 22.8 Å². The van der Waals surface area contributed by atoms with E-state index in [0.717, 1.165) is 56.0 Å². The monoisotopic (exact) mass is 410 g/mol. The molecule has 1 aromatic rings. The van der Waals surface area contributed by atoms with Crippen LogP contribution in [-0.4, -0.2) is 29.3 Å². The Labute approximate surface area is 165 Å². The zero-order chi connectivity index (χ0) is 19.9. The van der Waals surface area contributed by atoms with Crippen molar-refractivity contribution in [2.45, 2.75) is 55.6 Å². The van der Waals surface area contributed by atoms with Gasteiger partial charge in [0.15, 0.2) is 0 Å². The minimum Gasteiger partial charge on any atom is -0.336 e. The first-order valence-corrected chi connectivity index (χ1v) is 10.4. The van der Waals surface area contributed by atoms with E-state index >= 15 is 0 Å². The number of amides is 2. The van der Waals surface area contributed by atoms with Gasteiger partial charge in [0.2, 0.25) is 5.91 Å². The summed E-state index contributed by atoms with van der Waals surface area (Å²) in [6.45, 7) is 0.696. The number of rotatable bonds is 1. The lowest BCUT2D eigenvalue weighted by Gasteiger charge is -2.43. The number of benzene rings is 1. The van der Waals surface area contributed by atoms with Gasteiger partial charge < -0.3 is 10.2 Å². The number of piperidine rings is 1. The van der Waals surface area contributed by atoms with Crippen molar-refractivity contribution in [2.75, 3.05) is 11.9 Å². The van der Waals surface area contributed by atoms with Crippen LogP contribution in [0.3, 0.4) is 0 Å². The lowest BCUT2D eigenvalue weighted by Crippen LogP contribution is -2.49. The van der Waals surface area contributed by atoms with Gasteiger partial charge in [0.25, 0.3) is 5.91 Å². The van der Waals surface area contributed by atoms with E-state index in [1.165, 1.54) is 18.6 Å². The van der Waals surface area contributed by atoms with Crippen LogP contribution in [0.2, 0.25) is 0 Å². The zero-order valence-electron chi connectivity index (χ0n) is 15.2. The number of alkyl halides is 3. The molecule has 2 heterocycles. The fraction of sp³-hybridized carbons (Fsp3) is 0.500. The van der Waals surface area contributed by atoms with E-state index in [0.29, 0.717) is 17.4 Å². The molecule has 3 aliphatic rings. The smallest absolute Gasteiger partial charge is 0.336 e. The lowest BCUT2D eigenvalue weighted by molar-refractivity contribution is -0.137. The molecule has 2 aliphatic heterocycles. The number of hydrogen-bond donors (Lipinski definition) is 1. The SMILES string of the molecule is O=C1Nc2cc(C(F)(F)F)ccc2S/C1=C/C(=O)N1CCC[C@@H]2CCCC[C@H]21. The number of carbonyl (C=O) groups excluding carboxylic acids is 2. The standard InChI is InChI=1S/C20H21F3N2O2S/c21-20(22,23)13-7-8-16-14(10-13)24-19(27)17(28-16)11-18(26)25-9-3-5-12-4-1-2-6-15(12)25/h7-8,10-12,15H,1-6,9H2,(H,24,27)/b17-11+/t12-,15+/m0/s1. The fourth-order valence-electron chi connectivity index (χ4n) is 4.43. The molecule has 1 saturated heterocycles. The molecule has 2 atom stereocenters. The van der Waals surface area contributed by atoms with Gasteiger partial charge in [-0.15, -0.1) is 0 Å². The van der Waals surface area contributed by atoms with E-state index in [1.54, 1.807) is 0 Å². The largest absolute Gasteiger partial charge is 0.416 e. The third-order valence-electron chi connectivity index (χ3n) is 5.78. The minimum atomic E-state index is -4.47. The molecule has 1 aromatic carbocycles. The molecule has 150 valence electrons. The summed E-state index contributed by atoms with van der Waals surface area (Å²) in [7, 11) is 0. The van der Waals surface area contributed by atoms with E-state index < -0.39 is 17.6 Å². The zero-order valence-corrected chi connectivity index (χ0v) is 16.0. The van der Waals surface area contributed by atoms with E-state index in [9.17, 15) is 22.8 Å². The number of fused-ring (bicyclic) bond motifs is 2. The normalized spacial score (nSPS) is 26.5. The molecular weight excluding hydrogens is 389 g/mol. The van der Waals surface area contributed by atoms with E-state index in [1.807, 2.05) is 4.90 Å². The van der Waals surface area contributed by atoms with Crippen LogP contribution in [0.4, 0.5) is 18.9 Å². The summed E-state index contributed by atoms with van der Waals surface area (Å²) in [6, 6.07) is 3.49. The van der Waals surface area contributed by atoms with Crippen molar-refractivity contribution in [3.63, 3.8) is 0 Å². The third-order valence-corrected chi connectivity index (χ3v) is 6.88. The van der Waals surface area contributed by atoms with Crippen LogP contribution in [0.15, 0.2) is 34.1 Å². The predicted octanol–water partition coefficient (Wildman–Crippen LogP) is 4.81. The summed E-state index contributed by atoms with van der Waals surface area (Å²) in [6.07, 6.45) is 3.47. The quantitative estimate of drug-likeness (QED) is 0.676. The average Bonchev–Trinajstić information content (AvgIpc) is 2.67. The first-order valence-electron chi connectivity index (χ1n) is 9.55. The number of anilines is 1. The second-order valence-electron chi connectivity index (χ2n) is 7.56. The fourth-order valence-corrected chi connectivity index (χ4v) is 5.33. The second kappa shape index (κ2) is 7.46. The van der Waals surface area contributed by atoms with Gasteiger partial charge in [-0.3, -0.25) is 9.59 Å². The highest BCUT2D eigenvalue weighted by Gasteiger charge is 2.36. The van der Waals surface area contributed by atoms with Gasteiger partial charge in [-0.05, 0) is 49.8 Å². The van der Waals surface area contributed by atoms with Crippen LogP contribution >= 0.6 is 11.8 Å². The van der Waals surface area contributed by atoms with Crippen LogP contribution in [0.1, 0.15) is 44.1 Å². The molecule has 1 N–H and O–H groups in total. The second-order valence-corrected chi connectivity index (χ2v) is 8.64. The Kier molecular flexibility index (Phi) is 5.16. The maximum absolute atomic E-state index is 12.9. The van der Waals surface area contributed by atoms with Gasteiger partial charge in [0.1, 0.15) is 0 Å². The average molecular weight is 410 g/mol. The first-order chi connectivity index (χ1) is 13.3. The Morgan fingerprint density at radius 2 is 1.93 bits per heavy atom. The summed E-state index contributed by atoms with van der Waals surface area (Å²) in [4.78, 5) is 27.8. The molecule has 4 nitrogen and oxygen atoms in total. The molecule has 0 aromatic heterocycles. The van der Waals surface area contributed by atoms with Gasteiger partial charge in [-0.2, -0.15) is 13.2 Å². The van der Waals surface area contributed by atoms with Gasteiger partial charge in [0, 0.05) is 23.6 Å². The molecule has 2 amide bonds. The molecular formula is C20H21F3N2O2S. The van der Waals surface area contributed by atoms with Crippen molar-refractivity contribution in [3.05, 3.63) is 34.7 Å². The van der Waals surface area contributed by atoms with Crippen molar-refractivity contribution in [2.24, 2.45) is 5.92 Å². The van der Waals surface area contributed by atoms with Crippen LogP contribution in [0.25, 0.3) is 0 Å². The van der Waals surface area contributed by atoms with Gasteiger partial charge in [-0.25, -0.2) is 0 Å². The number of carbonyl (C=O) groups is 2. The first kappa shape index (κ1) is 19.4. The molecule has 0 unspecified atom stereocenters. The van der Waals surface area contributed by atoms with Gasteiger partial charge in [-0.1, -0.05) is 24.6 Å². The third kappa shape index (κ3) is 3.79. The summed E-state index contributed by atoms with van der Waals surface area (Å²) in [5, 5.41) is 2.49. The Morgan fingerprint density at radius 3 is 2.71 bits per heavy atom. The Balaban J connectivity index is 1.54. The number of thioether (sulfide) groups is 1. The van der Waals surface area contributed by atoms with E-state index in [2.05, 4.69) is 5.32 Å².